The van der Waals surface area contributed by atoms with Crippen molar-refractivity contribution in [2.24, 2.45) is 5.92 Å². The maximum absolute atomic E-state index is 12.8. The number of carbonyl (C=O) groups excluding carboxylic acids is 1. The maximum Gasteiger partial charge on any atom is 0.243 e. The minimum atomic E-state index is -3.60. The molecule has 1 N–H and O–H groups in total. The normalized spacial score (nSPS) is 15.6. The molecule has 2 heterocycles. The van der Waals surface area contributed by atoms with E-state index >= 15 is 0 Å². The lowest BCUT2D eigenvalue weighted by Crippen LogP contribution is -2.41. The van der Waals surface area contributed by atoms with Gasteiger partial charge in [-0.1, -0.05) is 41.4 Å². The van der Waals surface area contributed by atoms with Gasteiger partial charge in [0.05, 0.1) is 23.3 Å². The van der Waals surface area contributed by atoms with Crippen molar-refractivity contribution in [1.82, 2.24) is 14.1 Å². The first kappa shape index (κ1) is 22.8. The van der Waals surface area contributed by atoms with Crippen LogP contribution in [0.4, 0.5) is 5.69 Å². The number of nitrogens with one attached hydrogen (secondary N) is 1. The molecule has 1 fully saturated rings. The van der Waals surface area contributed by atoms with Crippen LogP contribution in [0.25, 0.3) is 0 Å². The number of piperidine rings is 1. The highest BCUT2D eigenvalue weighted by Gasteiger charge is 2.32. The van der Waals surface area contributed by atoms with Crippen LogP contribution in [-0.4, -0.2) is 41.5 Å². The van der Waals surface area contributed by atoms with Gasteiger partial charge in [0.1, 0.15) is 0 Å². The highest BCUT2D eigenvalue weighted by molar-refractivity contribution is 7.89. The van der Waals surface area contributed by atoms with Crippen LogP contribution in [0.2, 0.25) is 10.0 Å². The Labute approximate surface area is 197 Å². The molecule has 32 heavy (non-hydrogen) atoms. The molecule has 0 aliphatic carbocycles. The molecule has 0 spiro atoms. The van der Waals surface area contributed by atoms with Gasteiger partial charge in [-0.3, -0.25) is 9.48 Å². The second-order valence-corrected chi connectivity index (χ2v) is 10.4. The number of benzene rings is 2. The number of rotatable bonds is 6. The summed E-state index contributed by atoms with van der Waals surface area (Å²) in [7, 11) is -3.60. The molecule has 0 atom stereocenters. The average molecular weight is 493 g/mol. The van der Waals surface area contributed by atoms with Gasteiger partial charge < -0.3 is 5.32 Å². The molecule has 168 valence electrons. The standard InChI is InChI=1S/C22H22Cl2N4O3S/c23-18-5-7-20(8-6-18)32(30,31)28-11-9-16(10-12-28)22(29)26-19-13-25-27(15-19)14-17-3-1-2-4-21(17)24/h1-8,13,15-16H,9-12,14H2,(H,26,29). The second kappa shape index (κ2) is 9.62. The Morgan fingerprint density at radius 3 is 2.44 bits per heavy atom. The minimum absolute atomic E-state index is 0.133. The van der Waals surface area contributed by atoms with Crippen molar-refractivity contribution in [3.05, 3.63) is 76.5 Å². The minimum Gasteiger partial charge on any atom is -0.323 e. The molecule has 7 nitrogen and oxygen atoms in total. The topological polar surface area (TPSA) is 84.3 Å². The van der Waals surface area contributed by atoms with Crippen molar-refractivity contribution in [2.75, 3.05) is 18.4 Å². The highest BCUT2D eigenvalue weighted by atomic mass is 35.5. The summed E-state index contributed by atoms with van der Waals surface area (Å²) < 4.78 is 28.7. The fourth-order valence-electron chi connectivity index (χ4n) is 3.67. The van der Waals surface area contributed by atoms with Crippen LogP contribution in [0.5, 0.6) is 0 Å². The number of hydrogen-bond acceptors (Lipinski definition) is 4. The predicted octanol–water partition coefficient (Wildman–Crippen LogP) is 4.28. The third-order valence-corrected chi connectivity index (χ3v) is 8.00. The Morgan fingerprint density at radius 2 is 1.75 bits per heavy atom. The quantitative estimate of drug-likeness (QED) is 0.556. The van der Waals surface area contributed by atoms with E-state index in [0.29, 0.717) is 35.1 Å². The molecule has 0 saturated carbocycles. The van der Waals surface area contributed by atoms with Gasteiger partial charge in [-0.15, -0.1) is 0 Å². The number of hydrogen-bond donors (Lipinski definition) is 1. The van der Waals surface area contributed by atoms with Crippen molar-refractivity contribution in [1.29, 1.82) is 0 Å². The Kier molecular flexibility index (Phi) is 6.85. The Bertz CT molecular complexity index is 1200. The van der Waals surface area contributed by atoms with E-state index < -0.39 is 10.0 Å². The Balaban J connectivity index is 1.33. The fourth-order valence-corrected chi connectivity index (χ4v) is 5.47. The van der Waals surface area contributed by atoms with Crippen molar-refractivity contribution in [3.8, 4) is 0 Å². The molecule has 3 aromatic rings. The second-order valence-electron chi connectivity index (χ2n) is 7.64. The van der Waals surface area contributed by atoms with E-state index in [4.69, 9.17) is 23.2 Å². The van der Waals surface area contributed by atoms with Crippen LogP contribution in [0.1, 0.15) is 18.4 Å². The number of anilines is 1. The summed E-state index contributed by atoms with van der Waals surface area (Å²) in [5.74, 6) is -0.399. The average Bonchev–Trinajstić information content (AvgIpc) is 3.22. The first-order chi connectivity index (χ1) is 15.3. The molecule has 10 heteroatoms. The Morgan fingerprint density at radius 1 is 1.06 bits per heavy atom. The van der Waals surface area contributed by atoms with E-state index in [-0.39, 0.29) is 29.8 Å². The summed E-state index contributed by atoms with van der Waals surface area (Å²) in [4.78, 5) is 12.9. The van der Waals surface area contributed by atoms with Crippen LogP contribution < -0.4 is 5.32 Å². The maximum atomic E-state index is 12.8. The van der Waals surface area contributed by atoms with E-state index in [9.17, 15) is 13.2 Å². The van der Waals surface area contributed by atoms with E-state index in [1.165, 1.54) is 16.4 Å². The third-order valence-electron chi connectivity index (χ3n) is 5.47. The summed E-state index contributed by atoms with van der Waals surface area (Å²) in [6.45, 7) is 1.07. The lowest BCUT2D eigenvalue weighted by molar-refractivity contribution is -0.120. The van der Waals surface area contributed by atoms with E-state index in [2.05, 4.69) is 10.4 Å². The zero-order chi connectivity index (χ0) is 22.7. The van der Waals surface area contributed by atoms with Gasteiger partial charge in [0.15, 0.2) is 0 Å². The van der Waals surface area contributed by atoms with Gasteiger partial charge in [0.25, 0.3) is 0 Å². The number of amides is 1. The summed E-state index contributed by atoms with van der Waals surface area (Å²) in [6, 6.07) is 13.6. The van der Waals surface area contributed by atoms with Gasteiger partial charge in [0, 0.05) is 35.2 Å². The van der Waals surface area contributed by atoms with Gasteiger partial charge in [-0.2, -0.15) is 9.40 Å². The van der Waals surface area contributed by atoms with Crippen molar-refractivity contribution < 1.29 is 13.2 Å². The zero-order valence-corrected chi connectivity index (χ0v) is 19.4. The van der Waals surface area contributed by atoms with Crippen LogP contribution in [0, 0.1) is 5.92 Å². The van der Waals surface area contributed by atoms with E-state index in [1.807, 2.05) is 24.3 Å². The molecule has 1 aliphatic rings. The number of aromatic nitrogens is 2. The lowest BCUT2D eigenvalue weighted by Gasteiger charge is -2.30. The van der Waals surface area contributed by atoms with E-state index in [0.717, 1.165) is 5.56 Å². The van der Waals surface area contributed by atoms with Crippen LogP contribution in [0.15, 0.2) is 65.8 Å². The molecule has 0 unspecified atom stereocenters. The van der Waals surface area contributed by atoms with Crippen molar-refractivity contribution >= 4 is 44.8 Å². The first-order valence-corrected chi connectivity index (χ1v) is 12.3. The molecular weight excluding hydrogens is 471 g/mol. The monoisotopic (exact) mass is 492 g/mol. The SMILES string of the molecule is O=C(Nc1cnn(Cc2ccccc2Cl)c1)C1CCN(S(=O)(=O)c2ccc(Cl)cc2)CC1. The summed E-state index contributed by atoms with van der Waals surface area (Å²) in [6.07, 6.45) is 4.25. The van der Waals surface area contributed by atoms with Gasteiger partial charge in [-0.05, 0) is 48.7 Å². The first-order valence-electron chi connectivity index (χ1n) is 10.2. The van der Waals surface area contributed by atoms with Gasteiger partial charge in [0.2, 0.25) is 15.9 Å². The molecule has 4 rings (SSSR count). The lowest BCUT2D eigenvalue weighted by atomic mass is 9.97. The third kappa shape index (κ3) is 5.15. The zero-order valence-electron chi connectivity index (χ0n) is 17.1. The van der Waals surface area contributed by atoms with Crippen LogP contribution >= 0.6 is 23.2 Å². The molecular formula is C22H22Cl2N4O3S. The molecule has 1 saturated heterocycles. The smallest absolute Gasteiger partial charge is 0.243 e. The summed E-state index contributed by atoms with van der Waals surface area (Å²) in [5.41, 5.74) is 1.53. The molecule has 0 bridgehead atoms. The largest absolute Gasteiger partial charge is 0.323 e. The van der Waals surface area contributed by atoms with Gasteiger partial charge in [-0.25, -0.2) is 8.42 Å². The van der Waals surface area contributed by atoms with Gasteiger partial charge >= 0.3 is 0 Å². The number of nitrogens with zero attached hydrogens (tertiary/aromatic N) is 3. The van der Waals surface area contributed by atoms with E-state index in [1.54, 1.807) is 29.2 Å². The molecule has 1 aromatic heterocycles. The van der Waals surface area contributed by atoms with Crippen molar-refractivity contribution in [2.45, 2.75) is 24.3 Å². The van der Waals surface area contributed by atoms with Crippen LogP contribution in [0.3, 0.4) is 0 Å². The summed E-state index contributed by atoms with van der Waals surface area (Å²) >= 11 is 12.0. The highest BCUT2D eigenvalue weighted by Crippen LogP contribution is 2.26. The summed E-state index contributed by atoms with van der Waals surface area (Å²) in [5, 5.41) is 8.31. The molecule has 2 aromatic carbocycles. The Hall–Kier alpha value is -2.39. The molecule has 1 amide bonds. The fraction of sp³-hybridized carbons (Fsp3) is 0.273. The number of halogens is 2. The molecule has 1 aliphatic heterocycles. The predicted molar refractivity (Wildman–Crippen MR) is 124 cm³/mol. The molecule has 0 radical (unpaired) electrons. The number of sulfonamides is 1. The number of carbonyl (C=O) groups is 1. The van der Waals surface area contributed by atoms with Crippen molar-refractivity contribution in [3.63, 3.8) is 0 Å². The van der Waals surface area contributed by atoms with Crippen LogP contribution in [-0.2, 0) is 21.4 Å².